The minimum absolute atomic E-state index is 0.387. The zero-order chi connectivity index (χ0) is 10.7. The number of hydrogen-bond acceptors (Lipinski definition) is 2. The van der Waals surface area contributed by atoms with Gasteiger partial charge in [0.05, 0.1) is 0 Å². The van der Waals surface area contributed by atoms with E-state index in [1.165, 1.54) is 31.2 Å². The molecule has 1 aromatic rings. The van der Waals surface area contributed by atoms with Crippen molar-refractivity contribution in [3.63, 3.8) is 0 Å². The summed E-state index contributed by atoms with van der Waals surface area (Å²) in [6, 6.07) is 2.53. The fraction of sp³-hybridized carbons (Fsp3) is 0.583. The van der Waals surface area contributed by atoms with E-state index in [2.05, 4.69) is 27.0 Å². The van der Waals surface area contributed by atoms with Crippen LogP contribution in [-0.4, -0.2) is 11.0 Å². The molecule has 1 aliphatic carbocycles. The fourth-order valence-electron chi connectivity index (χ4n) is 2.36. The van der Waals surface area contributed by atoms with Crippen molar-refractivity contribution in [2.45, 2.75) is 38.1 Å². The van der Waals surface area contributed by atoms with Crippen molar-refractivity contribution in [2.75, 3.05) is 0 Å². The Hall–Kier alpha value is -0.410. The Balaban J connectivity index is 2.01. The lowest BCUT2D eigenvalue weighted by Gasteiger charge is -2.28. The Morgan fingerprint density at radius 2 is 2.13 bits per heavy atom. The van der Waals surface area contributed by atoms with Gasteiger partial charge in [-0.15, -0.1) is 0 Å². The Morgan fingerprint density at radius 1 is 1.33 bits per heavy atom. The van der Waals surface area contributed by atoms with E-state index < -0.39 is 0 Å². The van der Waals surface area contributed by atoms with Gasteiger partial charge in [0.1, 0.15) is 0 Å². The first-order valence-corrected chi connectivity index (χ1v) is 6.40. The van der Waals surface area contributed by atoms with Crippen LogP contribution >= 0.6 is 15.9 Å². The molecule has 0 bridgehead atoms. The number of nitrogens with zero attached hydrogens (tertiary/aromatic N) is 1. The summed E-state index contributed by atoms with van der Waals surface area (Å²) in [4.78, 5) is 4.19. The molecule has 1 heterocycles. The molecule has 1 aliphatic rings. The van der Waals surface area contributed by atoms with Gasteiger partial charge >= 0.3 is 0 Å². The smallest absolute Gasteiger partial charge is 0.0410 e. The van der Waals surface area contributed by atoms with Crippen molar-refractivity contribution in [3.8, 4) is 0 Å². The van der Waals surface area contributed by atoms with Gasteiger partial charge < -0.3 is 5.73 Å². The molecule has 2 unspecified atom stereocenters. The van der Waals surface area contributed by atoms with Crippen LogP contribution in [0.15, 0.2) is 22.9 Å². The molecule has 0 radical (unpaired) electrons. The number of halogens is 1. The lowest BCUT2D eigenvalue weighted by Crippen LogP contribution is -2.34. The van der Waals surface area contributed by atoms with Crippen molar-refractivity contribution in [2.24, 2.45) is 11.7 Å². The summed E-state index contributed by atoms with van der Waals surface area (Å²) < 4.78 is 1.06. The van der Waals surface area contributed by atoms with Gasteiger partial charge in [0.15, 0.2) is 0 Å². The van der Waals surface area contributed by atoms with Gasteiger partial charge in [0.25, 0.3) is 0 Å². The Bertz CT molecular complexity index is 327. The van der Waals surface area contributed by atoms with Crippen molar-refractivity contribution in [1.82, 2.24) is 4.98 Å². The highest BCUT2D eigenvalue weighted by molar-refractivity contribution is 9.10. The summed E-state index contributed by atoms with van der Waals surface area (Å²) in [5.41, 5.74) is 7.43. The van der Waals surface area contributed by atoms with Crippen LogP contribution in [0.3, 0.4) is 0 Å². The molecule has 0 aliphatic heterocycles. The molecule has 2 rings (SSSR count). The van der Waals surface area contributed by atoms with Gasteiger partial charge in [-0.2, -0.15) is 0 Å². The standard InChI is InChI=1S/C12H17BrN2/c13-11-6-9(7-15-8-11)5-10-3-1-2-4-12(10)14/h6-8,10,12H,1-5,14H2. The molecule has 0 saturated heterocycles. The van der Waals surface area contributed by atoms with E-state index in [4.69, 9.17) is 5.73 Å². The van der Waals surface area contributed by atoms with E-state index in [9.17, 15) is 0 Å². The largest absolute Gasteiger partial charge is 0.327 e. The van der Waals surface area contributed by atoms with E-state index in [-0.39, 0.29) is 0 Å². The van der Waals surface area contributed by atoms with Gasteiger partial charge in [0, 0.05) is 22.9 Å². The molecule has 1 fully saturated rings. The predicted molar refractivity (Wildman–Crippen MR) is 65.6 cm³/mol. The van der Waals surface area contributed by atoms with E-state index in [0.29, 0.717) is 12.0 Å². The van der Waals surface area contributed by atoms with Gasteiger partial charge in [0.2, 0.25) is 0 Å². The van der Waals surface area contributed by atoms with E-state index in [1.807, 2.05) is 12.4 Å². The van der Waals surface area contributed by atoms with Crippen LogP contribution in [-0.2, 0) is 6.42 Å². The number of aromatic nitrogens is 1. The number of nitrogens with two attached hydrogens (primary N) is 1. The Morgan fingerprint density at radius 3 is 2.87 bits per heavy atom. The molecule has 1 saturated carbocycles. The first-order chi connectivity index (χ1) is 7.25. The third-order valence-electron chi connectivity index (χ3n) is 3.23. The third kappa shape index (κ3) is 3.02. The normalized spacial score (nSPS) is 26.5. The highest BCUT2D eigenvalue weighted by atomic mass is 79.9. The minimum atomic E-state index is 0.387. The van der Waals surface area contributed by atoms with Gasteiger partial charge in [-0.05, 0) is 52.7 Å². The second-order valence-corrected chi connectivity index (χ2v) is 5.34. The van der Waals surface area contributed by atoms with Crippen LogP contribution in [0.25, 0.3) is 0 Å². The average Bonchev–Trinajstić information content (AvgIpc) is 2.22. The van der Waals surface area contributed by atoms with Crippen molar-refractivity contribution >= 4 is 15.9 Å². The molecule has 0 amide bonds. The zero-order valence-corrected chi connectivity index (χ0v) is 10.4. The van der Waals surface area contributed by atoms with Gasteiger partial charge in [-0.25, -0.2) is 0 Å². The molecule has 82 valence electrons. The first-order valence-electron chi connectivity index (χ1n) is 5.61. The maximum absolute atomic E-state index is 6.13. The van der Waals surface area contributed by atoms with Crippen molar-refractivity contribution in [1.29, 1.82) is 0 Å². The quantitative estimate of drug-likeness (QED) is 0.896. The summed E-state index contributed by atoms with van der Waals surface area (Å²) in [6.45, 7) is 0. The number of hydrogen-bond donors (Lipinski definition) is 1. The summed E-state index contributed by atoms with van der Waals surface area (Å²) >= 11 is 3.45. The molecule has 0 spiro atoms. The second-order valence-electron chi connectivity index (χ2n) is 4.42. The SMILES string of the molecule is NC1CCCCC1Cc1cncc(Br)c1. The monoisotopic (exact) mass is 268 g/mol. The van der Waals surface area contributed by atoms with E-state index >= 15 is 0 Å². The van der Waals surface area contributed by atoms with Crippen molar-refractivity contribution in [3.05, 3.63) is 28.5 Å². The maximum Gasteiger partial charge on any atom is 0.0410 e. The fourth-order valence-corrected chi connectivity index (χ4v) is 2.77. The maximum atomic E-state index is 6.13. The van der Waals surface area contributed by atoms with Crippen molar-refractivity contribution < 1.29 is 0 Å². The summed E-state index contributed by atoms with van der Waals surface area (Å²) in [7, 11) is 0. The van der Waals surface area contributed by atoms with E-state index in [0.717, 1.165) is 10.9 Å². The third-order valence-corrected chi connectivity index (χ3v) is 3.66. The molecule has 15 heavy (non-hydrogen) atoms. The predicted octanol–water partition coefficient (Wildman–Crippen LogP) is 2.90. The lowest BCUT2D eigenvalue weighted by atomic mass is 9.81. The number of rotatable bonds is 2. The molecular weight excluding hydrogens is 252 g/mol. The molecule has 1 aromatic heterocycles. The first kappa shape index (κ1) is 11.1. The summed E-state index contributed by atoms with van der Waals surface area (Å²) in [5.74, 6) is 0.648. The molecule has 3 heteroatoms. The topological polar surface area (TPSA) is 38.9 Å². The minimum Gasteiger partial charge on any atom is -0.327 e. The highest BCUT2D eigenvalue weighted by Gasteiger charge is 2.21. The van der Waals surface area contributed by atoms with Crippen LogP contribution in [0.4, 0.5) is 0 Å². The average molecular weight is 269 g/mol. The Kier molecular flexibility index (Phi) is 3.76. The summed E-state index contributed by atoms with van der Waals surface area (Å²) in [6.07, 6.45) is 9.94. The molecule has 2 N–H and O–H groups in total. The van der Waals surface area contributed by atoms with Crippen LogP contribution in [0.1, 0.15) is 31.2 Å². The zero-order valence-electron chi connectivity index (χ0n) is 8.82. The second kappa shape index (κ2) is 5.08. The number of pyridine rings is 1. The molecule has 2 nitrogen and oxygen atoms in total. The molecular formula is C12H17BrN2. The van der Waals surface area contributed by atoms with Crippen LogP contribution < -0.4 is 5.73 Å². The summed E-state index contributed by atoms with van der Waals surface area (Å²) in [5, 5.41) is 0. The lowest BCUT2D eigenvalue weighted by molar-refractivity contribution is 0.306. The van der Waals surface area contributed by atoms with Crippen LogP contribution in [0.2, 0.25) is 0 Å². The molecule has 2 atom stereocenters. The van der Waals surface area contributed by atoms with Crippen LogP contribution in [0, 0.1) is 5.92 Å². The Labute approximate surface area is 99.4 Å². The van der Waals surface area contributed by atoms with Gasteiger partial charge in [-0.3, -0.25) is 4.98 Å². The highest BCUT2D eigenvalue weighted by Crippen LogP contribution is 2.26. The van der Waals surface area contributed by atoms with E-state index in [1.54, 1.807) is 0 Å². The van der Waals surface area contributed by atoms with Crippen LogP contribution in [0.5, 0.6) is 0 Å². The van der Waals surface area contributed by atoms with Gasteiger partial charge in [-0.1, -0.05) is 12.8 Å². The molecule has 0 aromatic carbocycles.